The van der Waals surface area contributed by atoms with E-state index in [9.17, 15) is 19.5 Å². The van der Waals surface area contributed by atoms with Crippen LogP contribution in [0.1, 0.15) is 162 Å². The summed E-state index contributed by atoms with van der Waals surface area (Å²) >= 11 is 0. The van der Waals surface area contributed by atoms with Crippen molar-refractivity contribution in [2.75, 3.05) is 41.0 Å². The molecule has 300 valence electrons. The van der Waals surface area contributed by atoms with Gasteiger partial charge < -0.3 is 28.6 Å². The lowest BCUT2D eigenvalue weighted by molar-refractivity contribution is -0.889. The Balaban J connectivity index is 4.43. The number of hydrogen-bond donors (Lipinski definition) is 0. The van der Waals surface area contributed by atoms with Gasteiger partial charge in [-0.2, -0.15) is 0 Å². The minimum atomic E-state index is -1.13. The van der Waals surface area contributed by atoms with Crippen LogP contribution >= 0.6 is 0 Å². The summed E-state index contributed by atoms with van der Waals surface area (Å²) in [5, 5.41) is 11.6. The predicted octanol–water partition coefficient (Wildman–Crippen LogP) is 9.52. The van der Waals surface area contributed by atoms with Gasteiger partial charge >= 0.3 is 11.9 Å². The molecule has 2 atom stereocenters. The molecular weight excluding hydrogens is 654 g/mol. The first kappa shape index (κ1) is 49.3. The molecule has 0 saturated heterocycles. The number of unbranched alkanes of at least 4 members (excludes halogenated alkanes) is 14. The zero-order valence-corrected chi connectivity index (χ0v) is 34.0. The van der Waals surface area contributed by atoms with E-state index in [-0.39, 0.29) is 42.7 Å². The van der Waals surface area contributed by atoms with Gasteiger partial charge in [-0.05, 0) is 70.6 Å². The van der Waals surface area contributed by atoms with Crippen LogP contribution in [0.4, 0.5) is 0 Å². The topological polar surface area (TPSA) is 102 Å². The Morgan fingerprint density at radius 1 is 0.596 bits per heavy atom. The first-order valence-electron chi connectivity index (χ1n) is 20.7. The van der Waals surface area contributed by atoms with Crippen molar-refractivity contribution in [3.05, 3.63) is 48.6 Å². The monoisotopic (exact) mass is 732 g/mol. The van der Waals surface area contributed by atoms with Crippen LogP contribution < -0.4 is 5.11 Å². The number of ether oxygens (including phenoxy) is 3. The molecule has 8 heteroatoms. The highest BCUT2D eigenvalue weighted by molar-refractivity contribution is 5.70. The summed E-state index contributed by atoms with van der Waals surface area (Å²) in [4.78, 5) is 36.7. The second kappa shape index (κ2) is 35.3. The number of rotatable bonds is 36. The first-order chi connectivity index (χ1) is 25.1. The van der Waals surface area contributed by atoms with Gasteiger partial charge in [0.05, 0.1) is 40.3 Å². The van der Waals surface area contributed by atoms with Crippen LogP contribution in [0.3, 0.4) is 0 Å². The number of carboxylic acid groups (broad SMARTS) is 1. The number of allylic oxidation sites excluding steroid dienone is 8. The van der Waals surface area contributed by atoms with Crippen molar-refractivity contribution in [2.24, 2.45) is 0 Å². The minimum absolute atomic E-state index is 0.0301. The Morgan fingerprint density at radius 3 is 1.62 bits per heavy atom. The van der Waals surface area contributed by atoms with Crippen molar-refractivity contribution < 1.29 is 38.2 Å². The summed E-state index contributed by atoms with van der Waals surface area (Å²) in [7, 11) is 5.39. The zero-order valence-electron chi connectivity index (χ0n) is 34.0. The van der Waals surface area contributed by atoms with E-state index in [1.807, 2.05) is 0 Å². The number of quaternary nitrogens is 1. The van der Waals surface area contributed by atoms with Crippen LogP contribution in [0, 0.1) is 0 Å². The second-order valence-electron chi connectivity index (χ2n) is 14.8. The minimum Gasteiger partial charge on any atom is -0.544 e. The molecule has 0 amide bonds. The summed E-state index contributed by atoms with van der Waals surface area (Å²) in [5.41, 5.74) is 0. The average Bonchev–Trinajstić information content (AvgIpc) is 3.09. The highest BCUT2D eigenvalue weighted by atomic mass is 16.6. The van der Waals surface area contributed by atoms with Crippen molar-refractivity contribution in [3.63, 3.8) is 0 Å². The molecule has 0 aliphatic carbocycles. The van der Waals surface area contributed by atoms with Crippen LogP contribution in [0.25, 0.3) is 0 Å². The Kier molecular flexibility index (Phi) is 33.5. The second-order valence-corrected chi connectivity index (χ2v) is 14.8. The van der Waals surface area contributed by atoms with Gasteiger partial charge in [0, 0.05) is 19.3 Å². The van der Waals surface area contributed by atoms with E-state index < -0.39 is 18.1 Å². The van der Waals surface area contributed by atoms with Gasteiger partial charge in [0.1, 0.15) is 12.6 Å². The zero-order chi connectivity index (χ0) is 38.5. The van der Waals surface area contributed by atoms with Crippen molar-refractivity contribution in [2.45, 2.75) is 174 Å². The van der Waals surface area contributed by atoms with Crippen molar-refractivity contribution in [1.82, 2.24) is 0 Å². The van der Waals surface area contributed by atoms with Gasteiger partial charge in [-0.1, -0.05) is 120 Å². The van der Waals surface area contributed by atoms with E-state index >= 15 is 0 Å². The number of likely N-dealkylation sites (N-methyl/N-ethyl adjacent to an activating group) is 1. The molecular formula is C44H77NO7. The molecule has 0 aromatic carbocycles. The molecule has 0 N–H and O–H groups in total. The Bertz CT molecular complexity index is 995. The predicted molar refractivity (Wildman–Crippen MR) is 213 cm³/mol. The SMILES string of the molecule is CC/C=C\C/C=C\C/C=C\CCCCCCCC(=O)OC(COCCC(C(=O)[O-])[N+](C)(C)C)COC(=O)CCCCCCC/C=C\CCCCCC. The maximum atomic E-state index is 12.7. The highest BCUT2D eigenvalue weighted by Crippen LogP contribution is 2.13. The van der Waals surface area contributed by atoms with Crippen LogP contribution in [0.5, 0.6) is 0 Å². The Labute approximate surface area is 318 Å². The number of carboxylic acids is 1. The van der Waals surface area contributed by atoms with Crippen LogP contribution in [-0.4, -0.2) is 75.5 Å². The molecule has 0 aliphatic rings. The fourth-order valence-electron chi connectivity index (χ4n) is 5.73. The molecule has 0 aliphatic heterocycles. The molecule has 0 heterocycles. The third-order valence-corrected chi connectivity index (χ3v) is 8.95. The van der Waals surface area contributed by atoms with E-state index in [2.05, 4.69) is 62.5 Å². The number of hydrogen-bond acceptors (Lipinski definition) is 7. The highest BCUT2D eigenvalue weighted by Gasteiger charge is 2.25. The molecule has 0 spiro atoms. The molecule has 0 bridgehead atoms. The quantitative estimate of drug-likeness (QED) is 0.0274. The molecule has 0 aromatic heterocycles. The Hall–Kier alpha value is -2.71. The molecule has 0 aromatic rings. The van der Waals surface area contributed by atoms with E-state index in [0.717, 1.165) is 89.9 Å². The summed E-state index contributed by atoms with van der Waals surface area (Å²) in [6.45, 7) is 4.49. The van der Waals surface area contributed by atoms with E-state index in [4.69, 9.17) is 14.2 Å². The summed E-state index contributed by atoms with van der Waals surface area (Å²) < 4.78 is 17.1. The third kappa shape index (κ3) is 33.1. The fourth-order valence-corrected chi connectivity index (χ4v) is 5.73. The summed E-state index contributed by atoms with van der Waals surface area (Å²) in [6, 6.07) is -0.730. The van der Waals surface area contributed by atoms with Crippen molar-refractivity contribution in [3.8, 4) is 0 Å². The maximum Gasteiger partial charge on any atom is 0.306 e. The lowest BCUT2D eigenvalue weighted by Crippen LogP contribution is -2.55. The van der Waals surface area contributed by atoms with Crippen molar-refractivity contribution >= 4 is 17.9 Å². The van der Waals surface area contributed by atoms with Crippen LogP contribution in [0.15, 0.2) is 48.6 Å². The Morgan fingerprint density at radius 2 is 1.08 bits per heavy atom. The lowest BCUT2D eigenvalue weighted by atomic mass is 10.1. The first-order valence-corrected chi connectivity index (χ1v) is 20.7. The number of carbonyl (C=O) groups excluding carboxylic acids is 3. The molecule has 0 fully saturated rings. The maximum absolute atomic E-state index is 12.7. The van der Waals surface area contributed by atoms with Gasteiger partial charge in [-0.3, -0.25) is 9.59 Å². The molecule has 0 rings (SSSR count). The van der Waals surface area contributed by atoms with Gasteiger partial charge in [0.25, 0.3) is 0 Å². The standard InChI is InChI=1S/C44H77NO7/c1-6-8-10-12-14-16-18-20-21-23-25-27-29-31-33-35-43(47)52-40(38-50-37-36-41(44(48)49)45(3,4)5)39-51-42(46)34-32-30-28-26-24-22-19-17-15-13-11-9-7-2/h8,10,14,16-17,19-21,40-41H,6-7,9,11-13,15,18,22-39H2,1-5H3/b10-8-,16-14-,19-17-,21-20-. The molecule has 0 saturated carbocycles. The summed E-state index contributed by atoms with van der Waals surface area (Å²) in [6.07, 6.45) is 39.9. The van der Waals surface area contributed by atoms with Gasteiger partial charge in [-0.25, -0.2) is 0 Å². The van der Waals surface area contributed by atoms with Crippen molar-refractivity contribution in [1.29, 1.82) is 0 Å². The molecule has 2 unspecified atom stereocenters. The van der Waals surface area contributed by atoms with Gasteiger partial charge in [0.2, 0.25) is 0 Å². The normalized spacial score (nSPS) is 13.5. The average molecular weight is 732 g/mol. The number of aliphatic carboxylic acids is 1. The van der Waals surface area contributed by atoms with Gasteiger partial charge in [-0.15, -0.1) is 0 Å². The van der Waals surface area contributed by atoms with E-state index in [1.54, 1.807) is 21.1 Å². The number of carbonyl (C=O) groups is 3. The fraction of sp³-hybridized carbons (Fsp3) is 0.750. The van der Waals surface area contributed by atoms with Crippen LogP contribution in [-0.2, 0) is 28.6 Å². The van der Waals surface area contributed by atoms with Crippen LogP contribution in [0.2, 0.25) is 0 Å². The third-order valence-electron chi connectivity index (χ3n) is 8.95. The smallest absolute Gasteiger partial charge is 0.306 e. The molecule has 8 nitrogen and oxygen atoms in total. The number of nitrogens with zero attached hydrogens (tertiary/aromatic N) is 1. The lowest BCUT2D eigenvalue weighted by Gasteiger charge is -2.34. The molecule has 0 radical (unpaired) electrons. The largest absolute Gasteiger partial charge is 0.544 e. The van der Waals surface area contributed by atoms with Gasteiger partial charge in [0.15, 0.2) is 6.10 Å². The number of esters is 2. The molecule has 52 heavy (non-hydrogen) atoms. The summed E-state index contributed by atoms with van der Waals surface area (Å²) in [5.74, 6) is -1.77. The van der Waals surface area contributed by atoms with E-state index in [0.29, 0.717) is 12.8 Å². The van der Waals surface area contributed by atoms with E-state index in [1.165, 1.54) is 38.5 Å².